The molecule has 1 aliphatic carbocycles. The molecule has 30 heavy (non-hydrogen) atoms. The minimum Gasteiger partial charge on any atom is -0.505 e. The lowest BCUT2D eigenvalue weighted by atomic mass is 9.98. The first kappa shape index (κ1) is 22.5. The van der Waals surface area contributed by atoms with E-state index in [1.54, 1.807) is 24.3 Å². The van der Waals surface area contributed by atoms with E-state index >= 15 is 0 Å². The third kappa shape index (κ3) is 6.42. The molecule has 0 aliphatic heterocycles. The molecule has 0 spiro atoms. The van der Waals surface area contributed by atoms with Crippen LogP contribution in [-0.4, -0.2) is 26.8 Å². The molecule has 162 valence electrons. The Hall–Kier alpha value is -2.15. The van der Waals surface area contributed by atoms with E-state index in [-0.39, 0.29) is 17.5 Å². The summed E-state index contributed by atoms with van der Waals surface area (Å²) in [6, 6.07) is 8.15. The molecule has 0 atom stereocenters. The Bertz CT molecular complexity index is 884. The van der Waals surface area contributed by atoms with Crippen molar-refractivity contribution in [2.24, 2.45) is 0 Å². The van der Waals surface area contributed by atoms with Gasteiger partial charge in [0, 0.05) is 16.6 Å². The van der Waals surface area contributed by atoms with Gasteiger partial charge in [-0.05, 0) is 37.1 Å². The number of nitrogens with one attached hydrogen (secondary N) is 1. The van der Waals surface area contributed by atoms with Crippen molar-refractivity contribution >= 4 is 21.8 Å². The first-order chi connectivity index (χ1) is 14.5. The maximum atomic E-state index is 12.9. The quantitative estimate of drug-likeness (QED) is 0.646. The Morgan fingerprint density at radius 3 is 2.07 bits per heavy atom. The Morgan fingerprint density at radius 1 is 0.967 bits per heavy atom. The maximum absolute atomic E-state index is 12.9. The predicted molar refractivity (Wildman–Crippen MR) is 121 cm³/mol. The molecule has 2 aromatic rings. The summed E-state index contributed by atoms with van der Waals surface area (Å²) < 4.78 is 2.01. The van der Waals surface area contributed by atoms with Crippen molar-refractivity contribution in [2.75, 3.05) is 0 Å². The summed E-state index contributed by atoms with van der Waals surface area (Å²) in [5.74, 6) is -0.825. The molecule has 0 radical (unpaired) electrons. The third-order valence-electron chi connectivity index (χ3n) is 5.64. The molecular formula is C23H30BrN3O3. The zero-order valence-electron chi connectivity index (χ0n) is 17.3. The van der Waals surface area contributed by atoms with Gasteiger partial charge in [0.05, 0.1) is 5.69 Å². The van der Waals surface area contributed by atoms with Gasteiger partial charge in [-0.3, -0.25) is 9.59 Å². The highest BCUT2D eigenvalue weighted by Gasteiger charge is 2.20. The summed E-state index contributed by atoms with van der Waals surface area (Å²) in [6.45, 7) is 0. The van der Waals surface area contributed by atoms with E-state index in [0.717, 1.165) is 40.9 Å². The molecular weight excluding hydrogens is 446 g/mol. The van der Waals surface area contributed by atoms with Crippen LogP contribution >= 0.6 is 15.9 Å². The zero-order chi connectivity index (χ0) is 21.3. The molecule has 1 amide bonds. The van der Waals surface area contributed by atoms with Gasteiger partial charge in [0.2, 0.25) is 0 Å². The topological polar surface area (TPSA) is 84.2 Å². The largest absolute Gasteiger partial charge is 0.505 e. The lowest BCUT2D eigenvalue weighted by Gasteiger charge is -2.20. The third-order valence-corrected chi connectivity index (χ3v) is 6.17. The number of hydrogen-bond donors (Lipinski definition) is 2. The fourth-order valence-corrected chi connectivity index (χ4v) is 4.20. The van der Waals surface area contributed by atoms with Gasteiger partial charge in [0.25, 0.3) is 11.5 Å². The number of benzene rings is 1. The van der Waals surface area contributed by atoms with Gasteiger partial charge in [-0.15, -0.1) is 0 Å². The smallest absolute Gasteiger partial charge is 0.275 e. The zero-order valence-corrected chi connectivity index (χ0v) is 18.9. The second-order valence-corrected chi connectivity index (χ2v) is 8.95. The van der Waals surface area contributed by atoms with Crippen LogP contribution in [0.4, 0.5) is 0 Å². The van der Waals surface area contributed by atoms with Gasteiger partial charge in [0.1, 0.15) is 0 Å². The fraction of sp³-hybridized carbons (Fsp3) is 0.522. The van der Waals surface area contributed by atoms with Gasteiger partial charge in [-0.1, -0.05) is 73.7 Å². The lowest BCUT2D eigenvalue weighted by Crippen LogP contribution is -2.36. The standard InChI is InChI=1S/C23H30BrN3O3/c24-17-12-14-19(15-13-17)27-21(29)16-20(28)22(26-27)23(30)25-18-10-8-6-4-2-1-3-5-7-9-11-18/h12-16,18,28H,1-11H2,(H,25,30). The molecule has 0 saturated heterocycles. The second kappa shape index (κ2) is 11.3. The van der Waals surface area contributed by atoms with Crippen molar-refractivity contribution in [3.63, 3.8) is 0 Å². The van der Waals surface area contributed by atoms with Crippen LogP contribution in [0.1, 0.15) is 81.1 Å². The normalized spacial score (nSPS) is 17.0. The van der Waals surface area contributed by atoms with Crippen LogP contribution in [-0.2, 0) is 0 Å². The van der Waals surface area contributed by atoms with Crippen molar-refractivity contribution in [3.05, 3.63) is 50.9 Å². The molecule has 2 N–H and O–H groups in total. The van der Waals surface area contributed by atoms with Crippen LogP contribution < -0.4 is 10.9 Å². The van der Waals surface area contributed by atoms with E-state index in [1.807, 2.05) is 0 Å². The summed E-state index contributed by atoms with van der Waals surface area (Å²) in [4.78, 5) is 25.2. The van der Waals surface area contributed by atoms with Crippen molar-refractivity contribution in [3.8, 4) is 11.4 Å². The van der Waals surface area contributed by atoms with Gasteiger partial charge in [0.15, 0.2) is 11.4 Å². The first-order valence-corrected chi connectivity index (χ1v) is 11.7. The highest BCUT2D eigenvalue weighted by Crippen LogP contribution is 2.19. The number of halogens is 1. The van der Waals surface area contributed by atoms with Crippen molar-refractivity contribution in [1.29, 1.82) is 0 Å². The van der Waals surface area contributed by atoms with Crippen LogP contribution in [0.2, 0.25) is 0 Å². The SMILES string of the molecule is O=C(NC1CCCCCCCCCCC1)c1nn(-c2ccc(Br)cc2)c(=O)cc1O. The van der Waals surface area contributed by atoms with E-state index in [1.165, 1.54) is 44.9 Å². The molecule has 3 rings (SSSR count). The minimum absolute atomic E-state index is 0.0613. The molecule has 1 saturated carbocycles. The van der Waals surface area contributed by atoms with Gasteiger partial charge in [-0.2, -0.15) is 9.78 Å². The van der Waals surface area contributed by atoms with E-state index in [4.69, 9.17) is 0 Å². The van der Waals surface area contributed by atoms with Crippen molar-refractivity contribution < 1.29 is 9.90 Å². The Morgan fingerprint density at radius 2 is 1.50 bits per heavy atom. The Kier molecular flexibility index (Phi) is 8.49. The van der Waals surface area contributed by atoms with E-state index in [9.17, 15) is 14.7 Å². The van der Waals surface area contributed by atoms with Crippen LogP contribution in [0.15, 0.2) is 39.6 Å². The number of amides is 1. The van der Waals surface area contributed by atoms with E-state index in [0.29, 0.717) is 5.69 Å². The van der Waals surface area contributed by atoms with Crippen LogP contribution in [0.3, 0.4) is 0 Å². The Labute approximate surface area is 185 Å². The highest BCUT2D eigenvalue weighted by molar-refractivity contribution is 9.10. The van der Waals surface area contributed by atoms with Crippen LogP contribution in [0, 0.1) is 0 Å². The van der Waals surface area contributed by atoms with Gasteiger partial charge < -0.3 is 10.4 Å². The van der Waals surface area contributed by atoms with Crippen LogP contribution in [0.5, 0.6) is 5.75 Å². The summed E-state index contributed by atoms with van der Waals surface area (Å²) in [5, 5.41) is 17.4. The number of hydrogen-bond acceptors (Lipinski definition) is 4. The molecule has 0 bridgehead atoms. The predicted octanol–water partition coefficient (Wildman–Crippen LogP) is 5.10. The van der Waals surface area contributed by atoms with E-state index in [2.05, 4.69) is 26.3 Å². The summed E-state index contributed by atoms with van der Waals surface area (Å²) in [7, 11) is 0. The number of aromatic nitrogens is 2. The average Bonchev–Trinajstić information content (AvgIpc) is 2.71. The van der Waals surface area contributed by atoms with Gasteiger partial charge in [-0.25, -0.2) is 0 Å². The highest BCUT2D eigenvalue weighted by atomic mass is 79.9. The maximum Gasteiger partial charge on any atom is 0.275 e. The number of aromatic hydroxyl groups is 1. The molecule has 1 heterocycles. The summed E-state index contributed by atoms with van der Waals surface area (Å²) in [6.07, 6.45) is 12.8. The molecule has 1 aliphatic rings. The first-order valence-electron chi connectivity index (χ1n) is 10.9. The number of rotatable bonds is 3. The van der Waals surface area contributed by atoms with E-state index < -0.39 is 11.5 Å². The lowest BCUT2D eigenvalue weighted by molar-refractivity contribution is 0.0921. The van der Waals surface area contributed by atoms with Crippen LogP contribution in [0.25, 0.3) is 5.69 Å². The number of carbonyl (C=O) groups excluding carboxylic acids is 1. The number of carbonyl (C=O) groups is 1. The average molecular weight is 476 g/mol. The van der Waals surface area contributed by atoms with Gasteiger partial charge >= 0.3 is 0 Å². The monoisotopic (exact) mass is 475 g/mol. The van der Waals surface area contributed by atoms with Crippen molar-refractivity contribution in [2.45, 2.75) is 76.7 Å². The summed E-state index contributed by atoms with van der Waals surface area (Å²) in [5.41, 5.74) is -0.0794. The molecule has 1 fully saturated rings. The fourth-order valence-electron chi connectivity index (χ4n) is 3.94. The molecule has 0 unspecified atom stereocenters. The molecule has 6 nitrogen and oxygen atoms in total. The molecule has 1 aromatic carbocycles. The molecule has 1 aromatic heterocycles. The molecule has 7 heteroatoms. The van der Waals surface area contributed by atoms with Crippen molar-refractivity contribution in [1.82, 2.24) is 15.1 Å². The number of nitrogens with zero attached hydrogens (tertiary/aromatic N) is 2. The second-order valence-electron chi connectivity index (χ2n) is 8.03. The Balaban J connectivity index is 1.75. The summed E-state index contributed by atoms with van der Waals surface area (Å²) >= 11 is 3.36. The minimum atomic E-state index is -0.489.